The summed E-state index contributed by atoms with van der Waals surface area (Å²) in [6, 6.07) is 10.1. The zero-order chi connectivity index (χ0) is 14.9. The van der Waals surface area contributed by atoms with Crippen LogP contribution in [0.5, 0.6) is 5.75 Å². The van der Waals surface area contributed by atoms with Crippen LogP contribution in [-0.2, 0) is 0 Å². The Morgan fingerprint density at radius 1 is 1.19 bits per heavy atom. The van der Waals surface area contributed by atoms with E-state index in [4.69, 9.17) is 4.74 Å². The summed E-state index contributed by atoms with van der Waals surface area (Å²) in [4.78, 5) is 2.53. The molecule has 0 radical (unpaired) electrons. The lowest BCUT2D eigenvalue weighted by Crippen LogP contribution is -2.39. The van der Waals surface area contributed by atoms with Crippen molar-refractivity contribution in [1.29, 1.82) is 0 Å². The molecule has 118 valence electrons. The van der Waals surface area contributed by atoms with Crippen LogP contribution >= 0.6 is 0 Å². The van der Waals surface area contributed by atoms with Crippen molar-refractivity contribution in [2.45, 2.75) is 26.7 Å². The average molecular weight is 290 g/mol. The minimum Gasteiger partial charge on any atom is -0.492 e. The number of rotatable bonds is 8. The van der Waals surface area contributed by atoms with Gasteiger partial charge in [0.2, 0.25) is 0 Å². The third-order valence-corrected chi connectivity index (χ3v) is 4.11. The molecule has 2 rings (SSSR count). The van der Waals surface area contributed by atoms with Crippen molar-refractivity contribution in [1.82, 2.24) is 10.2 Å². The van der Waals surface area contributed by atoms with Gasteiger partial charge >= 0.3 is 0 Å². The Labute approximate surface area is 129 Å². The third kappa shape index (κ3) is 6.49. The maximum Gasteiger partial charge on any atom is 0.119 e. The molecule has 0 saturated carbocycles. The van der Waals surface area contributed by atoms with Gasteiger partial charge in [0.15, 0.2) is 0 Å². The van der Waals surface area contributed by atoms with E-state index in [1.54, 1.807) is 0 Å². The Hall–Kier alpha value is -1.06. The first-order valence-corrected chi connectivity index (χ1v) is 8.35. The van der Waals surface area contributed by atoms with Crippen LogP contribution in [0.15, 0.2) is 30.3 Å². The van der Waals surface area contributed by atoms with Crippen LogP contribution < -0.4 is 10.1 Å². The summed E-state index contributed by atoms with van der Waals surface area (Å²) in [5.74, 6) is 2.58. The predicted molar refractivity (Wildman–Crippen MR) is 88.8 cm³/mol. The highest BCUT2D eigenvalue weighted by molar-refractivity contribution is 5.20. The summed E-state index contributed by atoms with van der Waals surface area (Å²) in [7, 11) is 0. The quantitative estimate of drug-likeness (QED) is 0.796. The maximum absolute atomic E-state index is 5.77. The molecular formula is C18H30N2O. The van der Waals surface area contributed by atoms with Gasteiger partial charge in [-0.1, -0.05) is 32.0 Å². The number of benzene rings is 1. The van der Waals surface area contributed by atoms with Gasteiger partial charge in [0.1, 0.15) is 12.4 Å². The fourth-order valence-electron chi connectivity index (χ4n) is 2.80. The second kappa shape index (κ2) is 9.06. The van der Waals surface area contributed by atoms with E-state index in [2.05, 4.69) is 24.1 Å². The lowest BCUT2D eigenvalue weighted by Gasteiger charge is -2.32. The van der Waals surface area contributed by atoms with Crippen molar-refractivity contribution in [2.24, 2.45) is 11.8 Å². The summed E-state index contributed by atoms with van der Waals surface area (Å²) in [5.41, 5.74) is 0. The molecular weight excluding hydrogens is 260 g/mol. The summed E-state index contributed by atoms with van der Waals surface area (Å²) in [5, 5.41) is 3.59. The summed E-state index contributed by atoms with van der Waals surface area (Å²) < 4.78 is 5.77. The number of likely N-dealkylation sites (tertiary alicyclic amines) is 1. The van der Waals surface area contributed by atoms with E-state index in [1.807, 2.05) is 30.3 Å². The third-order valence-electron chi connectivity index (χ3n) is 4.11. The molecule has 3 nitrogen and oxygen atoms in total. The molecule has 0 atom stereocenters. The van der Waals surface area contributed by atoms with Crippen molar-refractivity contribution in [3.05, 3.63) is 30.3 Å². The topological polar surface area (TPSA) is 24.5 Å². The van der Waals surface area contributed by atoms with E-state index in [0.29, 0.717) is 0 Å². The number of hydrogen-bond donors (Lipinski definition) is 1. The Morgan fingerprint density at radius 2 is 1.90 bits per heavy atom. The highest BCUT2D eigenvalue weighted by atomic mass is 16.5. The van der Waals surface area contributed by atoms with Gasteiger partial charge in [-0.15, -0.1) is 0 Å². The SMILES string of the molecule is CC(C)CNCC1CCN(CCOc2ccccc2)CC1. The molecule has 0 amide bonds. The van der Waals surface area contributed by atoms with Gasteiger partial charge in [0.25, 0.3) is 0 Å². The molecule has 21 heavy (non-hydrogen) atoms. The molecule has 1 saturated heterocycles. The second-order valence-electron chi connectivity index (χ2n) is 6.50. The molecule has 1 fully saturated rings. The maximum atomic E-state index is 5.77. The van der Waals surface area contributed by atoms with Gasteiger partial charge in [-0.05, 0) is 63.0 Å². The van der Waals surface area contributed by atoms with Crippen LogP contribution in [0, 0.1) is 11.8 Å². The average Bonchev–Trinajstić information content (AvgIpc) is 2.50. The second-order valence-corrected chi connectivity index (χ2v) is 6.50. The standard InChI is InChI=1S/C18H30N2O/c1-16(2)14-19-15-17-8-10-20(11-9-17)12-13-21-18-6-4-3-5-7-18/h3-7,16-17,19H,8-15H2,1-2H3. The van der Waals surface area contributed by atoms with E-state index >= 15 is 0 Å². The monoisotopic (exact) mass is 290 g/mol. The molecule has 1 aliphatic rings. The fraction of sp³-hybridized carbons (Fsp3) is 0.667. The van der Waals surface area contributed by atoms with Gasteiger partial charge in [0, 0.05) is 6.54 Å². The number of para-hydroxylation sites is 1. The zero-order valence-corrected chi connectivity index (χ0v) is 13.6. The van der Waals surface area contributed by atoms with Gasteiger partial charge in [-0.25, -0.2) is 0 Å². The molecule has 0 aromatic heterocycles. The van der Waals surface area contributed by atoms with Crippen LogP contribution in [0.25, 0.3) is 0 Å². The first-order valence-electron chi connectivity index (χ1n) is 8.35. The van der Waals surface area contributed by atoms with E-state index < -0.39 is 0 Å². The Kier molecular flexibility index (Phi) is 7.04. The smallest absolute Gasteiger partial charge is 0.119 e. The van der Waals surface area contributed by atoms with E-state index in [9.17, 15) is 0 Å². The van der Waals surface area contributed by atoms with Crippen LogP contribution in [0.4, 0.5) is 0 Å². The number of piperidine rings is 1. The molecule has 1 aliphatic heterocycles. The van der Waals surface area contributed by atoms with Crippen LogP contribution in [0.1, 0.15) is 26.7 Å². The Morgan fingerprint density at radius 3 is 2.57 bits per heavy atom. The number of nitrogens with one attached hydrogen (secondary N) is 1. The van der Waals surface area contributed by atoms with Crippen molar-refractivity contribution >= 4 is 0 Å². The molecule has 0 bridgehead atoms. The Balaban J connectivity index is 1.55. The van der Waals surface area contributed by atoms with Crippen LogP contribution in [0.3, 0.4) is 0 Å². The highest BCUT2D eigenvalue weighted by Gasteiger charge is 2.18. The minimum atomic E-state index is 0.750. The number of ether oxygens (including phenoxy) is 1. The molecule has 1 aromatic rings. The molecule has 3 heteroatoms. The van der Waals surface area contributed by atoms with E-state index in [0.717, 1.165) is 37.3 Å². The van der Waals surface area contributed by atoms with Crippen molar-refractivity contribution in [3.8, 4) is 5.75 Å². The lowest BCUT2D eigenvalue weighted by atomic mass is 9.96. The zero-order valence-electron chi connectivity index (χ0n) is 13.6. The lowest BCUT2D eigenvalue weighted by molar-refractivity contribution is 0.153. The van der Waals surface area contributed by atoms with Gasteiger partial charge in [-0.2, -0.15) is 0 Å². The van der Waals surface area contributed by atoms with E-state index in [1.165, 1.54) is 32.5 Å². The van der Waals surface area contributed by atoms with Crippen LogP contribution in [0.2, 0.25) is 0 Å². The molecule has 1 aromatic carbocycles. The largest absolute Gasteiger partial charge is 0.492 e. The first-order chi connectivity index (χ1) is 10.2. The molecule has 0 unspecified atom stereocenters. The summed E-state index contributed by atoms with van der Waals surface area (Å²) >= 11 is 0. The summed E-state index contributed by atoms with van der Waals surface area (Å²) in [6.07, 6.45) is 2.63. The number of nitrogens with zero attached hydrogens (tertiary/aromatic N) is 1. The highest BCUT2D eigenvalue weighted by Crippen LogP contribution is 2.16. The molecule has 1 heterocycles. The predicted octanol–water partition coefficient (Wildman–Crippen LogP) is 3.02. The first kappa shape index (κ1) is 16.3. The van der Waals surface area contributed by atoms with Gasteiger partial charge in [0.05, 0.1) is 0 Å². The molecule has 0 aliphatic carbocycles. The molecule has 0 spiro atoms. The normalized spacial score (nSPS) is 17.3. The van der Waals surface area contributed by atoms with Gasteiger partial charge in [-0.3, -0.25) is 4.90 Å². The van der Waals surface area contributed by atoms with Crippen molar-refractivity contribution in [3.63, 3.8) is 0 Å². The summed E-state index contributed by atoms with van der Waals surface area (Å²) in [6.45, 7) is 11.1. The molecule has 1 N–H and O–H groups in total. The van der Waals surface area contributed by atoms with Gasteiger partial charge < -0.3 is 10.1 Å². The number of hydrogen-bond acceptors (Lipinski definition) is 3. The fourth-order valence-corrected chi connectivity index (χ4v) is 2.80. The van der Waals surface area contributed by atoms with Crippen molar-refractivity contribution < 1.29 is 4.74 Å². The van der Waals surface area contributed by atoms with E-state index in [-0.39, 0.29) is 0 Å². The van der Waals surface area contributed by atoms with Crippen LogP contribution in [-0.4, -0.2) is 44.2 Å². The minimum absolute atomic E-state index is 0.750. The Bertz CT molecular complexity index is 372. The van der Waals surface area contributed by atoms with Crippen molar-refractivity contribution in [2.75, 3.05) is 39.3 Å².